The van der Waals surface area contributed by atoms with Gasteiger partial charge in [-0.3, -0.25) is 4.90 Å². The first-order chi connectivity index (χ1) is 8.79. The van der Waals surface area contributed by atoms with Gasteiger partial charge >= 0.3 is 12.3 Å². The van der Waals surface area contributed by atoms with Crippen molar-refractivity contribution >= 4 is 6.09 Å². The van der Waals surface area contributed by atoms with Gasteiger partial charge in [-0.25, -0.2) is 4.79 Å². The van der Waals surface area contributed by atoms with Crippen LogP contribution in [0.25, 0.3) is 0 Å². The molecular formula is C12H20F3NO4. The molecule has 1 rings (SSSR count). The SMILES string of the molecule is CC(C)C1N(C(=O)OC(C)(C)C)COC1(O)C(F)(F)F. The minimum atomic E-state index is -5.00. The molecule has 2 atom stereocenters. The Hall–Kier alpha value is -1.02. The molecule has 1 N–H and O–H groups in total. The van der Waals surface area contributed by atoms with E-state index in [2.05, 4.69) is 4.74 Å². The molecule has 1 fully saturated rings. The van der Waals surface area contributed by atoms with E-state index in [1.807, 2.05) is 0 Å². The lowest BCUT2D eigenvalue weighted by Crippen LogP contribution is -2.58. The maximum atomic E-state index is 13.0. The van der Waals surface area contributed by atoms with Crippen molar-refractivity contribution in [1.82, 2.24) is 4.90 Å². The van der Waals surface area contributed by atoms with Gasteiger partial charge in [-0.1, -0.05) is 13.8 Å². The highest BCUT2D eigenvalue weighted by Gasteiger charge is 2.67. The molecule has 0 radical (unpaired) electrons. The van der Waals surface area contributed by atoms with Crippen molar-refractivity contribution < 1.29 is 32.5 Å². The Morgan fingerprint density at radius 3 is 2.25 bits per heavy atom. The third-order valence-electron chi connectivity index (χ3n) is 2.83. The van der Waals surface area contributed by atoms with Gasteiger partial charge in [-0.2, -0.15) is 13.2 Å². The van der Waals surface area contributed by atoms with Crippen LogP contribution in [-0.4, -0.2) is 46.4 Å². The summed E-state index contributed by atoms with van der Waals surface area (Å²) in [6.07, 6.45) is -5.95. The maximum Gasteiger partial charge on any atom is 0.445 e. The van der Waals surface area contributed by atoms with Gasteiger partial charge in [0.15, 0.2) is 0 Å². The standard InChI is InChI=1S/C12H20F3NO4/c1-7(2)8-11(18,12(13,14)15)19-6-16(8)9(17)20-10(3,4)5/h7-8,18H,6H2,1-5H3. The first-order valence-electron chi connectivity index (χ1n) is 6.22. The number of carbonyl (C=O) groups excluding carboxylic acids is 1. The summed E-state index contributed by atoms with van der Waals surface area (Å²) in [6.45, 7) is 7.06. The highest BCUT2D eigenvalue weighted by molar-refractivity contribution is 5.69. The molecule has 1 heterocycles. The number of hydrogen-bond donors (Lipinski definition) is 1. The molecule has 20 heavy (non-hydrogen) atoms. The summed E-state index contributed by atoms with van der Waals surface area (Å²) in [6, 6.07) is -1.56. The molecule has 5 nitrogen and oxygen atoms in total. The minimum absolute atomic E-state index is 0.670. The predicted molar refractivity (Wildman–Crippen MR) is 63.7 cm³/mol. The van der Waals surface area contributed by atoms with Gasteiger partial charge < -0.3 is 14.6 Å². The highest BCUT2D eigenvalue weighted by atomic mass is 19.4. The Balaban J connectivity index is 3.04. The summed E-state index contributed by atoms with van der Waals surface area (Å²) < 4.78 is 48.4. The Labute approximate surface area is 115 Å². The van der Waals surface area contributed by atoms with Gasteiger partial charge in [0, 0.05) is 0 Å². The van der Waals surface area contributed by atoms with Crippen LogP contribution in [0.1, 0.15) is 34.6 Å². The van der Waals surface area contributed by atoms with Crippen molar-refractivity contribution in [2.45, 2.75) is 58.2 Å². The molecular weight excluding hydrogens is 279 g/mol. The second kappa shape index (κ2) is 5.07. The fourth-order valence-electron chi connectivity index (χ4n) is 2.09. The third kappa shape index (κ3) is 3.17. The lowest BCUT2D eigenvalue weighted by atomic mass is 9.94. The molecule has 8 heteroatoms. The summed E-state index contributed by atoms with van der Waals surface area (Å²) >= 11 is 0. The van der Waals surface area contributed by atoms with E-state index in [-0.39, 0.29) is 0 Å². The van der Waals surface area contributed by atoms with Crippen LogP contribution in [0.15, 0.2) is 0 Å². The summed E-state index contributed by atoms with van der Waals surface area (Å²) in [5, 5.41) is 9.78. The van der Waals surface area contributed by atoms with Crippen molar-refractivity contribution in [2.24, 2.45) is 5.92 Å². The molecule has 2 unspecified atom stereocenters. The quantitative estimate of drug-likeness (QED) is 0.808. The van der Waals surface area contributed by atoms with E-state index in [1.165, 1.54) is 13.8 Å². The van der Waals surface area contributed by atoms with Gasteiger partial charge in [0.25, 0.3) is 5.79 Å². The second-order valence-electron chi connectivity index (χ2n) is 6.11. The van der Waals surface area contributed by atoms with Crippen LogP contribution in [0, 0.1) is 5.92 Å². The van der Waals surface area contributed by atoms with E-state index < -0.39 is 42.3 Å². The van der Waals surface area contributed by atoms with Crippen LogP contribution in [0.3, 0.4) is 0 Å². The maximum absolute atomic E-state index is 13.0. The lowest BCUT2D eigenvalue weighted by Gasteiger charge is -2.35. The van der Waals surface area contributed by atoms with E-state index in [0.717, 1.165) is 4.90 Å². The number of amides is 1. The zero-order valence-electron chi connectivity index (χ0n) is 12.1. The largest absolute Gasteiger partial charge is 0.445 e. The second-order valence-corrected chi connectivity index (χ2v) is 6.11. The zero-order valence-corrected chi connectivity index (χ0v) is 12.1. The molecule has 1 aliphatic rings. The summed E-state index contributed by atoms with van der Waals surface area (Å²) in [5.41, 5.74) is -0.850. The number of rotatable bonds is 1. The van der Waals surface area contributed by atoms with Crippen LogP contribution in [0.4, 0.5) is 18.0 Å². The smallest absolute Gasteiger partial charge is 0.444 e. The molecule has 1 saturated heterocycles. The molecule has 118 valence electrons. The minimum Gasteiger partial charge on any atom is -0.444 e. The average molecular weight is 299 g/mol. The summed E-state index contributed by atoms with van der Waals surface area (Å²) in [5.74, 6) is -4.05. The van der Waals surface area contributed by atoms with Crippen molar-refractivity contribution in [2.75, 3.05) is 6.73 Å². The molecule has 1 aliphatic heterocycles. The van der Waals surface area contributed by atoms with Crippen LogP contribution in [-0.2, 0) is 9.47 Å². The van der Waals surface area contributed by atoms with Crippen LogP contribution < -0.4 is 0 Å². The van der Waals surface area contributed by atoms with E-state index >= 15 is 0 Å². The van der Waals surface area contributed by atoms with Gasteiger partial charge in [0.05, 0.1) is 0 Å². The molecule has 0 aromatic carbocycles. The van der Waals surface area contributed by atoms with Gasteiger partial charge in [-0.15, -0.1) is 0 Å². The molecule has 0 aromatic heterocycles. The van der Waals surface area contributed by atoms with Crippen LogP contribution in [0.2, 0.25) is 0 Å². The average Bonchev–Trinajstić information content (AvgIpc) is 2.53. The normalized spacial score (nSPS) is 28.1. The number of aliphatic hydroxyl groups is 1. The first-order valence-corrected chi connectivity index (χ1v) is 6.22. The van der Waals surface area contributed by atoms with Gasteiger partial charge in [0.2, 0.25) is 0 Å². The Morgan fingerprint density at radius 2 is 1.90 bits per heavy atom. The highest BCUT2D eigenvalue weighted by Crippen LogP contribution is 2.43. The number of halogens is 3. The number of nitrogens with zero attached hydrogens (tertiary/aromatic N) is 1. The molecule has 0 spiro atoms. The topological polar surface area (TPSA) is 59.0 Å². The number of carbonyl (C=O) groups is 1. The number of ether oxygens (including phenoxy) is 2. The van der Waals surface area contributed by atoms with Crippen molar-refractivity contribution in [1.29, 1.82) is 0 Å². The first kappa shape index (κ1) is 17.0. The zero-order chi connectivity index (χ0) is 15.9. The van der Waals surface area contributed by atoms with Gasteiger partial charge in [-0.05, 0) is 26.7 Å². The Bertz CT molecular complexity index is 378. The molecule has 0 aliphatic carbocycles. The number of hydrogen-bond acceptors (Lipinski definition) is 4. The van der Waals surface area contributed by atoms with E-state index in [9.17, 15) is 23.1 Å². The van der Waals surface area contributed by atoms with E-state index in [0.29, 0.717) is 0 Å². The lowest BCUT2D eigenvalue weighted by molar-refractivity contribution is -0.357. The van der Waals surface area contributed by atoms with Crippen LogP contribution >= 0.6 is 0 Å². The van der Waals surface area contributed by atoms with E-state index in [1.54, 1.807) is 20.8 Å². The number of alkyl halides is 3. The summed E-state index contributed by atoms with van der Waals surface area (Å²) in [4.78, 5) is 12.7. The Kier molecular flexibility index (Phi) is 4.32. The third-order valence-corrected chi connectivity index (χ3v) is 2.83. The molecule has 0 saturated carbocycles. The van der Waals surface area contributed by atoms with Crippen LogP contribution in [0.5, 0.6) is 0 Å². The summed E-state index contributed by atoms with van der Waals surface area (Å²) in [7, 11) is 0. The van der Waals surface area contributed by atoms with Crippen molar-refractivity contribution in [3.63, 3.8) is 0 Å². The molecule has 0 bridgehead atoms. The fourth-order valence-corrected chi connectivity index (χ4v) is 2.09. The Morgan fingerprint density at radius 1 is 1.40 bits per heavy atom. The van der Waals surface area contributed by atoms with E-state index in [4.69, 9.17) is 4.74 Å². The monoisotopic (exact) mass is 299 g/mol. The van der Waals surface area contributed by atoms with Crippen molar-refractivity contribution in [3.8, 4) is 0 Å². The van der Waals surface area contributed by atoms with Gasteiger partial charge in [0.1, 0.15) is 18.4 Å². The fraction of sp³-hybridized carbons (Fsp3) is 0.917. The predicted octanol–water partition coefficient (Wildman–Crippen LogP) is 2.49. The molecule has 0 aromatic rings. The molecule has 1 amide bonds. The van der Waals surface area contributed by atoms with Crippen molar-refractivity contribution in [3.05, 3.63) is 0 Å².